The van der Waals surface area contributed by atoms with Crippen LogP contribution in [0.25, 0.3) is 0 Å². The standard InChI is InChI=1S/C28H35ClFNO4/c1-33-28(22-17-27(12-6-13-27)35-25-21(22)15-19(30)16-23(25)29)14-5-8-18(7-4-11-24(31)32)26(28)34-20-9-2-3-10-20/h5,8,14-16,20,22,26H,2-4,6-7,9-13,17H2,1H3,(H2,31,32). The number of carbonyl (C=O) groups is 1. The van der Waals surface area contributed by atoms with Crippen LogP contribution < -0.4 is 10.5 Å². The zero-order valence-corrected chi connectivity index (χ0v) is 21.1. The van der Waals surface area contributed by atoms with E-state index < -0.39 is 5.60 Å². The summed E-state index contributed by atoms with van der Waals surface area (Å²) in [4.78, 5) is 11.4. The number of hydrogen-bond acceptors (Lipinski definition) is 4. The fourth-order valence-corrected chi connectivity index (χ4v) is 6.71. The number of carbonyl (C=O) groups excluding carboxylic acids is 1. The largest absolute Gasteiger partial charge is 0.485 e. The molecule has 1 aliphatic heterocycles. The maximum atomic E-state index is 14.7. The van der Waals surface area contributed by atoms with Crippen molar-refractivity contribution in [1.29, 1.82) is 0 Å². The number of fused-ring (bicyclic) bond motifs is 1. The van der Waals surface area contributed by atoms with Gasteiger partial charge in [-0.25, -0.2) is 4.39 Å². The van der Waals surface area contributed by atoms with Crippen LogP contribution in [0.4, 0.5) is 4.39 Å². The highest BCUT2D eigenvalue weighted by Crippen LogP contribution is 2.57. The van der Waals surface area contributed by atoms with Gasteiger partial charge in [-0.1, -0.05) is 36.6 Å². The molecule has 1 heterocycles. The van der Waals surface area contributed by atoms with E-state index in [4.69, 9.17) is 31.5 Å². The Morgan fingerprint density at radius 3 is 2.69 bits per heavy atom. The summed E-state index contributed by atoms with van der Waals surface area (Å²) < 4.78 is 34.4. The van der Waals surface area contributed by atoms with Crippen molar-refractivity contribution in [3.63, 3.8) is 0 Å². The molecule has 35 heavy (non-hydrogen) atoms. The number of ether oxygens (including phenoxy) is 3. The van der Waals surface area contributed by atoms with E-state index in [1.165, 1.54) is 6.07 Å². The monoisotopic (exact) mass is 503 g/mol. The van der Waals surface area contributed by atoms with Crippen LogP contribution in [0.2, 0.25) is 5.02 Å². The van der Waals surface area contributed by atoms with Gasteiger partial charge in [0.05, 0.1) is 11.1 Å². The topological polar surface area (TPSA) is 70.8 Å². The SMILES string of the molecule is COC1(C2CC3(CCC3)Oc3c(Cl)cc(F)cc32)C=CC=C(CCCC(N)=O)C1OC1CCCC1. The molecule has 2 fully saturated rings. The molecule has 190 valence electrons. The first-order valence-electron chi connectivity index (χ1n) is 12.9. The highest BCUT2D eigenvalue weighted by molar-refractivity contribution is 6.32. The number of amides is 1. The molecule has 3 unspecified atom stereocenters. The van der Waals surface area contributed by atoms with E-state index in [0.29, 0.717) is 36.5 Å². The fourth-order valence-electron chi connectivity index (χ4n) is 6.46. The zero-order valence-electron chi connectivity index (χ0n) is 20.4. The smallest absolute Gasteiger partial charge is 0.217 e. The summed E-state index contributed by atoms with van der Waals surface area (Å²) in [6, 6.07) is 2.87. The molecule has 2 saturated carbocycles. The van der Waals surface area contributed by atoms with Crippen molar-refractivity contribution in [2.45, 2.75) is 100.0 Å². The molecule has 1 spiro atoms. The van der Waals surface area contributed by atoms with Crippen LogP contribution >= 0.6 is 11.6 Å². The molecule has 0 radical (unpaired) electrons. The predicted molar refractivity (Wildman–Crippen MR) is 133 cm³/mol. The number of allylic oxidation sites excluding steroid dienone is 2. The van der Waals surface area contributed by atoms with Gasteiger partial charge in [0.1, 0.15) is 28.9 Å². The Bertz CT molecular complexity index is 1030. The minimum atomic E-state index is -0.850. The average molecular weight is 504 g/mol. The van der Waals surface area contributed by atoms with Crippen molar-refractivity contribution in [2.24, 2.45) is 5.73 Å². The molecule has 2 N–H and O–H groups in total. The van der Waals surface area contributed by atoms with E-state index >= 15 is 0 Å². The molecule has 0 bridgehead atoms. The van der Waals surface area contributed by atoms with E-state index in [1.807, 2.05) is 6.08 Å². The van der Waals surface area contributed by atoms with Crippen LogP contribution in [0, 0.1) is 5.82 Å². The Balaban J connectivity index is 1.57. The molecule has 7 heteroatoms. The molecule has 4 aliphatic rings. The molecule has 5 nitrogen and oxygen atoms in total. The molecule has 0 saturated heterocycles. The lowest BCUT2D eigenvalue weighted by molar-refractivity contribution is -0.143. The molecule has 1 amide bonds. The van der Waals surface area contributed by atoms with Gasteiger partial charge >= 0.3 is 0 Å². The lowest BCUT2D eigenvalue weighted by Crippen LogP contribution is -2.57. The van der Waals surface area contributed by atoms with Gasteiger partial charge in [0.15, 0.2) is 0 Å². The first-order chi connectivity index (χ1) is 16.9. The third kappa shape index (κ3) is 4.65. The number of halogens is 2. The second kappa shape index (κ2) is 9.87. The third-order valence-electron chi connectivity index (χ3n) is 8.40. The maximum absolute atomic E-state index is 14.7. The van der Waals surface area contributed by atoms with E-state index in [1.54, 1.807) is 13.2 Å². The summed E-state index contributed by atoms with van der Waals surface area (Å²) in [6.07, 6.45) is 15.6. The van der Waals surface area contributed by atoms with E-state index in [2.05, 4.69) is 12.2 Å². The Kier molecular flexibility index (Phi) is 6.99. The van der Waals surface area contributed by atoms with Crippen molar-refractivity contribution < 1.29 is 23.4 Å². The van der Waals surface area contributed by atoms with Crippen molar-refractivity contribution >= 4 is 17.5 Å². The molecule has 5 rings (SSSR count). The van der Waals surface area contributed by atoms with Gasteiger partial charge in [0.25, 0.3) is 0 Å². The summed E-state index contributed by atoms with van der Waals surface area (Å²) in [6.45, 7) is 0. The van der Waals surface area contributed by atoms with E-state index in [-0.39, 0.29) is 35.5 Å². The van der Waals surface area contributed by atoms with E-state index in [9.17, 15) is 9.18 Å². The lowest BCUT2D eigenvalue weighted by Gasteiger charge is -2.54. The minimum Gasteiger partial charge on any atom is -0.485 e. The number of primary amides is 1. The number of hydrogen-bond donors (Lipinski definition) is 1. The summed E-state index contributed by atoms with van der Waals surface area (Å²) in [7, 11) is 1.71. The van der Waals surface area contributed by atoms with Gasteiger partial charge in [-0.3, -0.25) is 4.79 Å². The molecule has 0 aromatic heterocycles. The average Bonchev–Trinajstić information content (AvgIpc) is 3.32. The van der Waals surface area contributed by atoms with Crippen LogP contribution in [-0.2, 0) is 14.3 Å². The van der Waals surface area contributed by atoms with Crippen LogP contribution in [0.3, 0.4) is 0 Å². The summed E-state index contributed by atoms with van der Waals surface area (Å²) in [5, 5.41) is 0.299. The predicted octanol–water partition coefficient (Wildman–Crippen LogP) is 6.13. The Labute approximate surface area is 211 Å². The number of nitrogens with two attached hydrogens (primary N) is 1. The lowest BCUT2D eigenvalue weighted by atomic mass is 9.63. The second-order valence-corrected chi connectivity index (χ2v) is 11.0. The number of rotatable bonds is 8. The van der Waals surface area contributed by atoms with E-state index in [0.717, 1.165) is 56.1 Å². The van der Waals surface area contributed by atoms with Crippen LogP contribution in [0.1, 0.15) is 82.1 Å². The van der Waals surface area contributed by atoms with Crippen molar-refractivity contribution in [3.8, 4) is 5.75 Å². The van der Waals surface area contributed by atoms with Gasteiger partial charge < -0.3 is 19.9 Å². The molecule has 3 aliphatic carbocycles. The number of methoxy groups -OCH3 is 1. The number of benzene rings is 1. The second-order valence-electron chi connectivity index (χ2n) is 10.6. The molecular formula is C28H35ClFNO4. The molecular weight excluding hydrogens is 469 g/mol. The van der Waals surface area contributed by atoms with Crippen LogP contribution in [0.15, 0.2) is 35.9 Å². The van der Waals surface area contributed by atoms with Crippen LogP contribution in [-0.4, -0.2) is 36.4 Å². The highest BCUT2D eigenvalue weighted by Gasteiger charge is 2.56. The van der Waals surface area contributed by atoms with Crippen LogP contribution in [0.5, 0.6) is 5.75 Å². The fraction of sp³-hybridized carbons (Fsp3) is 0.607. The maximum Gasteiger partial charge on any atom is 0.217 e. The van der Waals surface area contributed by atoms with Gasteiger partial charge in [0, 0.05) is 25.0 Å². The normalized spacial score (nSPS) is 29.4. The summed E-state index contributed by atoms with van der Waals surface area (Å²) in [5.74, 6) is -0.326. The van der Waals surface area contributed by atoms with Crippen molar-refractivity contribution in [3.05, 3.63) is 52.3 Å². The quantitative estimate of drug-likeness (QED) is 0.463. The first kappa shape index (κ1) is 24.8. The zero-order chi connectivity index (χ0) is 24.6. The molecule has 3 atom stereocenters. The minimum absolute atomic E-state index is 0.147. The summed E-state index contributed by atoms with van der Waals surface area (Å²) >= 11 is 6.54. The molecule has 1 aromatic rings. The molecule has 1 aromatic carbocycles. The van der Waals surface area contributed by atoms with Gasteiger partial charge in [0.2, 0.25) is 5.91 Å². The van der Waals surface area contributed by atoms with Gasteiger partial charge in [-0.05, 0) is 75.1 Å². The Hall–Kier alpha value is -1.89. The van der Waals surface area contributed by atoms with Gasteiger partial charge in [-0.15, -0.1) is 0 Å². The third-order valence-corrected chi connectivity index (χ3v) is 8.68. The summed E-state index contributed by atoms with van der Waals surface area (Å²) in [5.41, 5.74) is 6.07. The van der Waals surface area contributed by atoms with Gasteiger partial charge in [-0.2, -0.15) is 0 Å². The van der Waals surface area contributed by atoms with Crippen molar-refractivity contribution in [1.82, 2.24) is 0 Å². The first-order valence-corrected chi connectivity index (χ1v) is 13.3. The Morgan fingerprint density at radius 2 is 2.03 bits per heavy atom. The Morgan fingerprint density at radius 1 is 1.26 bits per heavy atom. The van der Waals surface area contributed by atoms with Crippen molar-refractivity contribution in [2.75, 3.05) is 7.11 Å². The highest BCUT2D eigenvalue weighted by atomic mass is 35.5.